The molecule has 166 valence electrons. The maximum absolute atomic E-state index is 13.0. The van der Waals surface area contributed by atoms with Crippen LogP contribution in [-0.2, 0) is 34.9 Å². The number of rotatable bonds is 5. The van der Waals surface area contributed by atoms with Crippen LogP contribution in [0.15, 0.2) is 42.5 Å². The van der Waals surface area contributed by atoms with E-state index in [-0.39, 0.29) is 11.6 Å². The quantitative estimate of drug-likeness (QED) is 0.478. The van der Waals surface area contributed by atoms with Gasteiger partial charge in [0, 0.05) is 0 Å². The lowest BCUT2D eigenvalue weighted by molar-refractivity contribution is -0.297. The Kier molecular flexibility index (Phi) is 6.45. The molecule has 0 radical (unpaired) electrons. The van der Waals surface area contributed by atoms with E-state index in [2.05, 4.69) is 0 Å². The summed E-state index contributed by atoms with van der Waals surface area (Å²) in [5.74, 6) is -1.33. The third-order valence-electron chi connectivity index (χ3n) is 4.94. The van der Waals surface area contributed by atoms with Crippen molar-refractivity contribution < 1.29 is 41.0 Å². The summed E-state index contributed by atoms with van der Waals surface area (Å²) in [4.78, 5) is 10.5. The normalized spacial score (nSPS) is 17.0. The van der Waals surface area contributed by atoms with Crippen LogP contribution in [0.3, 0.4) is 0 Å². The van der Waals surface area contributed by atoms with E-state index < -0.39 is 42.2 Å². The number of halogens is 6. The monoisotopic (exact) mass is 443 g/mol. The van der Waals surface area contributed by atoms with E-state index >= 15 is 0 Å². The summed E-state index contributed by atoms with van der Waals surface area (Å²) in [6, 6.07) is 6.56. The first kappa shape index (κ1) is 22.9. The number of aryl methyl sites for hydroxylation is 1. The molecule has 2 aromatic rings. The van der Waals surface area contributed by atoms with Gasteiger partial charge < -0.3 is 14.6 Å². The number of alkyl halides is 6. The zero-order valence-corrected chi connectivity index (χ0v) is 16.0. The summed E-state index contributed by atoms with van der Waals surface area (Å²) >= 11 is 0. The van der Waals surface area contributed by atoms with Gasteiger partial charge >= 0.3 is 12.4 Å². The number of carboxylic acids is 1. The van der Waals surface area contributed by atoms with Crippen LogP contribution < -0.4 is 5.11 Å². The predicted molar refractivity (Wildman–Crippen MR) is 97.4 cm³/mol. The van der Waals surface area contributed by atoms with Crippen LogP contribution in [0, 0.1) is 0 Å². The molecule has 0 saturated heterocycles. The molecule has 0 fully saturated rings. The Bertz CT molecular complexity index is 959. The van der Waals surface area contributed by atoms with E-state index in [0.29, 0.717) is 37.0 Å². The Morgan fingerprint density at radius 3 is 2.26 bits per heavy atom. The van der Waals surface area contributed by atoms with Crippen molar-refractivity contribution in [2.45, 2.75) is 44.3 Å². The van der Waals surface area contributed by atoms with Crippen molar-refractivity contribution in [2.75, 3.05) is 0 Å². The van der Waals surface area contributed by atoms with E-state index in [1.165, 1.54) is 6.08 Å². The standard InChI is InChI=1S/C22H18F6O3/c23-21(24,25)16-9-14(10-17(11-16)22(26,27)28)12-31-19-3-1-2-15-8-13(4-6-18(15)19)5-7-20(29)30/h4-11,19H,1-3,12H2,(H,29,30)/p-1/b7-5+. The third-order valence-corrected chi connectivity index (χ3v) is 4.94. The van der Waals surface area contributed by atoms with Gasteiger partial charge in [0.15, 0.2) is 0 Å². The molecule has 3 nitrogen and oxygen atoms in total. The third kappa shape index (κ3) is 5.88. The van der Waals surface area contributed by atoms with Crippen molar-refractivity contribution in [2.24, 2.45) is 0 Å². The number of carbonyl (C=O) groups is 1. The fourth-order valence-electron chi connectivity index (χ4n) is 3.53. The summed E-state index contributed by atoms with van der Waals surface area (Å²) in [5, 5.41) is 10.5. The first-order valence-corrected chi connectivity index (χ1v) is 9.35. The van der Waals surface area contributed by atoms with E-state index in [9.17, 15) is 36.2 Å². The molecule has 1 atom stereocenters. The molecule has 1 aliphatic carbocycles. The lowest BCUT2D eigenvalue weighted by Gasteiger charge is -2.26. The van der Waals surface area contributed by atoms with E-state index in [1.807, 2.05) is 0 Å². The van der Waals surface area contributed by atoms with E-state index in [0.717, 1.165) is 17.2 Å². The predicted octanol–water partition coefficient (Wildman–Crippen LogP) is 5.08. The van der Waals surface area contributed by atoms with Gasteiger partial charge in [0.2, 0.25) is 0 Å². The first-order chi connectivity index (χ1) is 14.4. The minimum absolute atomic E-state index is 0.0844. The van der Waals surface area contributed by atoms with Gasteiger partial charge in [-0.2, -0.15) is 26.3 Å². The molecule has 0 saturated carbocycles. The van der Waals surface area contributed by atoms with Gasteiger partial charge in [0.25, 0.3) is 0 Å². The van der Waals surface area contributed by atoms with Crippen molar-refractivity contribution in [1.82, 2.24) is 0 Å². The topological polar surface area (TPSA) is 49.4 Å². The molecule has 0 spiro atoms. The average Bonchev–Trinajstić information content (AvgIpc) is 2.69. The zero-order valence-electron chi connectivity index (χ0n) is 16.0. The molecule has 0 aliphatic heterocycles. The largest absolute Gasteiger partial charge is 0.545 e. The Hall–Kier alpha value is -2.81. The Balaban J connectivity index is 1.82. The van der Waals surface area contributed by atoms with Crippen LogP contribution in [0.25, 0.3) is 6.08 Å². The SMILES string of the molecule is O=C([O-])/C=C/c1ccc2c(c1)CCCC2OCc1cc(C(F)(F)F)cc(C(F)(F)F)c1. The molecular formula is C22H17F6O3-. The lowest BCUT2D eigenvalue weighted by Crippen LogP contribution is -2.18. The lowest BCUT2D eigenvalue weighted by atomic mass is 9.88. The van der Waals surface area contributed by atoms with Crippen molar-refractivity contribution in [1.29, 1.82) is 0 Å². The fourth-order valence-corrected chi connectivity index (χ4v) is 3.53. The molecule has 1 unspecified atom stereocenters. The average molecular weight is 443 g/mol. The highest BCUT2D eigenvalue weighted by atomic mass is 19.4. The summed E-state index contributed by atoms with van der Waals surface area (Å²) in [6.45, 7) is -0.413. The summed E-state index contributed by atoms with van der Waals surface area (Å²) in [5.41, 5.74) is -0.681. The van der Waals surface area contributed by atoms with Crippen LogP contribution >= 0.6 is 0 Å². The minimum Gasteiger partial charge on any atom is -0.545 e. The zero-order chi connectivity index (χ0) is 22.8. The summed E-state index contributed by atoms with van der Waals surface area (Å²) in [6.07, 6.45) is -6.08. The number of carbonyl (C=O) groups excluding carboxylic acids is 1. The molecule has 2 aromatic carbocycles. The highest BCUT2D eigenvalue weighted by Crippen LogP contribution is 2.38. The van der Waals surface area contributed by atoms with Gasteiger partial charge in [0.1, 0.15) is 0 Å². The first-order valence-electron chi connectivity index (χ1n) is 9.35. The van der Waals surface area contributed by atoms with Crippen molar-refractivity contribution >= 4 is 12.0 Å². The number of hydrogen-bond donors (Lipinski definition) is 0. The second-order valence-electron chi connectivity index (χ2n) is 7.22. The number of carboxylic acid groups (broad SMARTS) is 1. The molecule has 1 aliphatic rings. The van der Waals surface area contributed by atoms with Crippen LogP contribution in [0.2, 0.25) is 0 Å². The maximum atomic E-state index is 13.0. The fraction of sp³-hybridized carbons (Fsp3) is 0.318. The highest BCUT2D eigenvalue weighted by molar-refractivity contribution is 5.83. The second kappa shape index (κ2) is 8.74. The molecule has 31 heavy (non-hydrogen) atoms. The molecule has 0 bridgehead atoms. The molecular weight excluding hydrogens is 426 g/mol. The van der Waals surface area contributed by atoms with Gasteiger partial charge in [-0.15, -0.1) is 0 Å². The van der Waals surface area contributed by atoms with Gasteiger partial charge in [-0.3, -0.25) is 0 Å². The second-order valence-corrected chi connectivity index (χ2v) is 7.22. The molecule has 3 rings (SSSR count). The molecule has 0 N–H and O–H groups in total. The highest BCUT2D eigenvalue weighted by Gasteiger charge is 2.37. The van der Waals surface area contributed by atoms with Crippen LogP contribution in [0.1, 0.15) is 52.3 Å². The van der Waals surface area contributed by atoms with Crippen LogP contribution in [0.4, 0.5) is 26.3 Å². The van der Waals surface area contributed by atoms with Gasteiger partial charge in [-0.1, -0.05) is 24.3 Å². The van der Waals surface area contributed by atoms with E-state index in [1.54, 1.807) is 18.2 Å². The Morgan fingerprint density at radius 2 is 1.68 bits per heavy atom. The van der Waals surface area contributed by atoms with E-state index in [4.69, 9.17) is 4.74 Å². The molecule has 0 amide bonds. The molecule has 0 aromatic heterocycles. The van der Waals surface area contributed by atoms with Gasteiger partial charge in [-0.25, -0.2) is 0 Å². The number of aliphatic carboxylic acids is 1. The number of fused-ring (bicyclic) bond motifs is 1. The smallest absolute Gasteiger partial charge is 0.416 e. The van der Waals surface area contributed by atoms with Crippen LogP contribution in [-0.4, -0.2) is 5.97 Å². The number of hydrogen-bond acceptors (Lipinski definition) is 3. The van der Waals surface area contributed by atoms with Crippen molar-refractivity contribution in [3.63, 3.8) is 0 Å². The minimum atomic E-state index is -4.91. The van der Waals surface area contributed by atoms with Gasteiger partial charge in [-0.05, 0) is 65.8 Å². The van der Waals surface area contributed by atoms with Crippen molar-refractivity contribution in [3.8, 4) is 0 Å². The molecule has 0 heterocycles. The van der Waals surface area contributed by atoms with Gasteiger partial charge in [0.05, 0.1) is 29.8 Å². The number of ether oxygens (including phenoxy) is 1. The maximum Gasteiger partial charge on any atom is 0.416 e. The Morgan fingerprint density at radius 1 is 1.03 bits per heavy atom. The summed E-state index contributed by atoms with van der Waals surface area (Å²) < 4.78 is 83.9. The summed E-state index contributed by atoms with van der Waals surface area (Å²) in [7, 11) is 0. The Labute approximate surface area is 174 Å². The molecule has 9 heteroatoms. The van der Waals surface area contributed by atoms with Crippen molar-refractivity contribution in [3.05, 3.63) is 75.9 Å². The number of benzene rings is 2. The van der Waals surface area contributed by atoms with Crippen LogP contribution in [0.5, 0.6) is 0 Å².